The van der Waals surface area contributed by atoms with E-state index in [0.717, 1.165) is 18.8 Å². The average Bonchev–Trinajstić information content (AvgIpc) is 2.22. The summed E-state index contributed by atoms with van der Waals surface area (Å²) < 4.78 is 0. The third-order valence-corrected chi connectivity index (χ3v) is 4.77. The Labute approximate surface area is 118 Å². The van der Waals surface area contributed by atoms with Crippen molar-refractivity contribution < 1.29 is 0 Å². The molecule has 1 nitrogen and oxygen atoms in total. The van der Waals surface area contributed by atoms with Gasteiger partial charge in [-0.2, -0.15) is 0 Å². The predicted molar refractivity (Wildman–Crippen MR) is 83.2 cm³/mol. The van der Waals surface area contributed by atoms with Gasteiger partial charge in [-0.3, -0.25) is 0 Å². The Morgan fingerprint density at radius 2 is 1.42 bits per heavy atom. The van der Waals surface area contributed by atoms with Gasteiger partial charge in [0.05, 0.1) is 0 Å². The SMILES string of the molecule is CC(C)(C)c1ccc(C2(N)CC(C(C)(C)C)C2)cc1. The molecule has 0 amide bonds. The first-order valence-corrected chi connectivity index (χ1v) is 7.42. The quantitative estimate of drug-likeness (QED) is 0.784. The maximum Gasteiger partial charge on any atom is 0.0415 e. The Kier molecular flexibility index (Phi) is 3.33. The minimum absolute atomic E-state index is 0.0889. The fourth-order valence-electron chi connectivity index (χ4n) is 2.97. The van der Waals surface area contributed by atoms with Crippen LogP contribution in [0.15, 0.2) is 24.3 Å². The van der Waals surface area contributed by atoms with Crippen molar-refractivity contribution in [1.82, 2.24) is 0 Å². The lowest BCUT2D eigenvalue weighted by atomic mass is 9.57. The number of nitrogens with two attached hydrogens (primary N) is 1. The highest BCUT2D eigenvalue weighted by atomic mass is 14.8. The molecule has 0 spiro atoms. The van der Waals surface area contributed by atoms with Gasteiger partial charge < -0.3 is 5.73 Å². The van der Waals surface area contributed by atoms with Crippen molar-refractivity contribution >= 4 is 0 Å². The van der Waals surface area contributed by atoms with Crippen LogP contribution in [0.1, 0.15) is 65.5 Å². The zero-order valence-corrected chi connectivity index (χ0v) is 13.4. The zero-order chi connectivity index (χ0) is 14.5. The molecule has 1 aromatic carbocycles. The fraction of sp³-hybridized carbons (Fsp3) is 0.667. The van der Waals surface area contributed by atoms with Crippen molar-refractivity contribution in [3.05, 3.63) is 35.4 Å². The molecule has 1 aliphatic carbocycles. The van der Waals surface area contributed by atoms with E-state index in [1.165, 1.54) is 11.1 Å². The molecule has 106 valence electrons. The van der Waals surface area contributed by atoms with Gasteiger partial charge in [0.1, 0.15) is 0 Å². The lowest BCUT2D eigenvalue weighted by Crippen LogP contribution is -2.52. The van der Waals surface area contributed by atoms with Crippen LogP contribution in [0.25, 0.3) is 0 Å². The van der Waals surface area contributed by atoms with E-state index in [-0.39, 0.29) is 11.0 Å². The highest BCUT2D eigenvalue weighted by Crippen LogP contribution is 2.51. The Balaban J connectivity index is 2.12. The zero-order valence-electron chi connectivity index (χ0n) is 13.4. The van der Waals surface area contributed by atoms with E-state index >= 15 is 0 Å². The van der Waals surface area contributed by atoms with Crippen molar-refractivity contribution in [2.45, 2.75) is 65.3 Å². The first-order valence-electron chi connectivity index (χ1n) is 7.42. The Hall–Kier alpha value is -0.820. The molecular formula is C18H29N. The molecule has 1 aromatic rings. The van der Waals surface area contributed by atoms with Gasteiger partial charge in [0, 0.05) is 5.54 Å². The molecule has 1 aliphatic rings. The second-order valence-corrected chi connectivity index (χ2v) is 8.45. The second-order valence-electron chi connectivity index (χ2n) is 8.45. The van der Waals surface area contributed by atoms with Gasteiger partial charge in [-0.05, 0) is 40.7 Å². The molecule has 0 radical (unpaired) electrons. The Bertz CT molecular complexity index is 436. The number of hydrogen-bond donors (Lipinski definition) is 1. The summed E-state index contributed by atoms with van der Waals surface area (Å²) in [6.07, 6.45) is 2.23. The summed E-state index contributed by atoms with van der Waals surface area (Å²) in [5.41, 5.74) is 9.77. The van der Waals surface area contributed by atoms with Crippen LogP contribution in [-0.2, 0) is 11.0 Å². The molecule has 0 aromatic heterocycles. The lowest BCUT2D eigenvalue weighted by Gasteiger charge is -2.51. The van der Waals surface area contributed by atoms with Crippen molar-refractivity contribution in [3.63, 3.8) is 0 Å². The lowest BCUT2D eigenvalue weighted by molar-refractivity contribution is 0.0489. The first-order chi connectivity index (χ1) is 8.52. The molecule has 19 heavy (non-hydrogen) atoms. The summed E-state index contributed by atoms with van der Waals surface area (Å²) in [5, 5.41) is 0. The van der Waals surface area contributed by atoms with Gasteiger partial charge in [0.25, 0.3) is 0 Å². The van der Waals surface area contributed by atoms with E-state index in [1.807, 2.05) is 0 Å². The Morgan fingerprint density at radius 3 is 1.79 bits per heavy atom. The summed E-state index contributed by atoms with van der Waals surface area (Å²) in [6, 6.07) is 8.96. The van der Waals surface area contributed by atoms with Crippen molar-refractivity contribution in [2.75, 3.05) is 0 Å². The summed E-state index contributed by atoms with van der Waals surface area (Å²) >= 11 is 0. The number of rotatable bonds is 1. The van der Waals surface area contributed by atoms with Gasteiger partial charge in [0.2, 0.25) is 0 Å². The van der Waals surface area contributed by atoms with Crippen LogP contribution < -0.4 is 5.73 Å². The van der Waals surface area contributed by atoms with Crippen LogP contribution in [0.3, 0.4) is 0 Å². The largest absolute Gasteiger partial charge is 0.321 e. The monoisotopic (exact) mass is 259 g/mol. The molecule has 2 N–H and O–H groups in total. The second kappa shape index (κ2) is 4.34. The molecule has 0 bridgehead atoms. The van der Waals surface area contributed by atoms with Crippen LogP contribution in [0.2, 0.25) is 0 Å². The highest BCUT2D eigenvalue weighted by Gasteiger charge is 2.46. The minimum atomic E-state index is -0.0889. The molecule has 0 aliphatic heterocycles. The molecule has 0 saturated heterocycles. The maximum atomic E-state index is 6.57. The average molecular weight is 259 g/mol. The van der Waals surface area contributed by atoms with Gasteiger partial charge in [0.15, 0.2) is 0 Å². The third-order valence-electron chi connectivity index (χ3n) is 4.77. The van der Waals surface area contributed by atoms with Crippen molar-refractivity contribution in [3.8, 4) is 0 Å². The topological polar surface area (TPSA) is 26.0 Å². The van der Waals surface area contributed by atoms with Gasteiger partial charge >= 0.3 is 0 Å². The fourth-order valence-corrected chi connectivity index (χ4v) is 2.97. The van der Waals surface area contributed by atoms with Crippen LogP contribution in [0, 0.1) is 11.3 Å². The highest BCUT2D eigenvalue weighted by molar-refractivity contribution is 5.33. The molecule has 1 fully saturated rings. The number of hydrogen-bond acceptors (Lipinski definition) is 1. The van der Waals surface area contributed by atoms with Crippen LogP contribution in [0.4, 0.5) is 0 Å². The summed E-state index contributed by atoms with van der Waals surface area (Å²) in [7, 11) is 0. The molecule has 0 atom stereocenters. The van der Waals surface area contributed by atoms with Crippen molar-refractivity contribution in [1.29, 1.82) is 0 Å². The molecule has 1 heteroatoms. The van der Waals surface area contributed by atoms with Crippen molar-refractivity contribution in [2.24, 2.45) is 17.1 Å². The third kappa shape index (κ3) is 2.86. The predicted octanol–water partition coefficient (Wildman–Crippen LogP) is 4.59. The summed E-state index contributed by atoms with van der Waals surface area (Å²) in [6.45, 7) is 13.7. The van der Waals surface area contributed by atoms with E-state index in [0.29, 0.717) is 5.41 Å². The van der Waals surface area contributed by atoms with Gasteiger partial charge in [-0.25, -0.2) is 0 Å². The van der Waals surface area contributed by atoms with E-state index in [2.05, 4.69) is 65.8 Å². The summed E-state index contributed by atoms with van der Waals surface area (Å²) in [4.78, 5) is 0. The van der Waals surface area contributed by atoms with Gasteiger partial charge in [-0.15, -0.1) is 0 Å². The van der Waals surface area contributed by atoms with Crippen LogP contribution >= 0.6 is 0 Å². The first kappa shape index (κ1) is 14.6. The van der Waals surface area contributed by atoms with E-state index in [1.54, 1.807) is 0 Å². The van der Waals surface area contributed by atoms with E-state index < -0.39 is 0 Å². The smallest absolute Gasteiger partial charge is 0.0415 e. The molecule has 1 saturated carbocycles. The maximum absolute atomic E-state index is 6.57. The Morgan fingerprint density at radius 1 is 0.947 bits per heavy atom. The normalized spacial score (nSPS) is 28.1. The molecule has 2 rings (SSSR count). The summed E-state index contributed by atoms with van der Waals surface area (Å²) in [5.74, 6) is 0.750. The molecule has 0 heterocycles. The van der Waals surface area contributed by atoms with E-state index in [4.69, 9.17) is 5.73 Å². The standard InChI is InChI=1S/C18H29N/c1-16(2,3)13-7-9-14(10-8-13)18(19)11-15(12-18)17(4,5)6/h7-10,15H,11-12,19H2,1-6H3. The van der Waals surface area contributed by atoms with E-state index in [9.17, 15) is 0 Å². The van der Waals surface area contributed by atoms with Gasteiger partial charge in [-0.1, -0.05) is 65.8 Å². The van der Waals surface area contributed by atoms with Crippen LogP contribution in [-0.4, -0.2) is 0 Å². The minimum Gasteiger partial charge on any atom is -0.321 e. The van der Waals surface area contributed by atoms with Crippen LogP contribution in [0.5, 0.6) is 0 Å². The number of benzene rings is 1. The molecule has 0 unspecified atom stereocenters. The molecular weight excluding hydrogens is 230 g/mol.